The van der Waals surface area contributed by atoms with Crippen LogP contribution in [0, 0.1) is 5.82 Å². The average molecular weight is 299 g/mol. The molecule has 3 nitrogen and oxygen atoms in total. The zero-order valence-electron chi connectivity index (χ0n) is 12.4. The number of morpholine rings is 1. The molecule has 1 aliphatic heterocycles. The quantitative estimate of drug-likeness (QED) is 0.813. The lowest BCUT2D eigenvalue weighted by Crippen LogP contribution is -2.44. The lowest BCUT2D eigenvalue weighted by atomic mass is 9.99. The fraction of sp³-hybridized carbons (Fsp3) is 0.278. The van der Waals surface area contributed by atoms with E-state index in [9.17, 15) is 9.18 Å². The number of cyclic esters (lactones) is 1. The summed E-state index contributed by atoms with van der Waals surface area (Å²) in [5.41, 5.74) is 1.90. The van der Waals surface area contributed by atoms with Crippen molar-refractivity contribution in [3.8, 4) is 0 Å². The van der Waals surface area contributed by atoms with Gasteiger partial charge in [0.1, 0.15) is 18.5 Å². The van der Waals surface area contributed by atoms with E-state index in [0.29, 0.717) is 13.2 Å². The highest BCUT2D eigenvalue weighted by molar-refractivity contribution is 5.78. The van der Waals surface area contributed by atoms with Gasteiger partial charge in [0.15, 0.2) is 0 Å². The maximum atomic E-state index is 13.1. The standard InChI is InChI=1S/C18H18FNO2/c1-13(14-5-3-2-4-6-14)20-11-12-22-18(21)17(20)15-7-9-16(19)10-8-15/h2-10,13,17H,11-12H2,1H3/t13-,17?/m1/s1. The summed E-state index contributed by atoms with van der Waals surface area (Å²) in [6, 6.07) is 15.7. The summed E-state index contributed by atoms with van der Waals surface area (Å²) >= 11 is 0. The van der Waals surface area contributed by atoms with E-state index in [-0.39, 0.29) is 17.8 Å². The number of halogens is 1. The zero-order valence-corrected chi connectivity index (χ0v) is 12.4. The summed E-state index contributed by atoms with van der Waals surface area (Å²) in [5, 5.41) is 0. The molecule has 4 heteroatoms. The second kappa shape index (κ2) is 6.28. The van der Waals surface area contributed by atoms with E-state index in [1.165, 1.54) is 12.1 Å². The molecule has 0 saturated carbocycles. The predicted molar refractivity (Wildman–Crippen MR) is 81.7 cm³/mol. The third kappa shape index (κ3) is 2.88. The molecular formula is C18H18FNO2. The molecule has 2 aromatic rings. The second-order valence-electron chi connectivity index (χ2n) is 5.45. The number of hydrogen-bond donors (Lipinski definition) is 0. The third-order valence-electron chi connectivity index (χ3n) is 4.11. The first-order chi connectivity index (χ1) is 10.7. The molecule has 0 aliphatic carbocycles. The van der Waals surface area contributed by atoms with Crippen molar-refractivity contribution >= 4 is 5.97 Å². The number of carbonyl (C=O) groups is 1. The molecule has 1 saturated heterocycles. The minimum Gasteiger partial charge on any atom is -0.463 e. The number of rotatable bonds is 3. The van der Waals surface area contributed by atoms with Crippen LogP contribution in [0.3, 0.4) is 0 Å². The molecule has 1 unspecified atom stereocenters. The van der Waals surface area contributed by atoms with E-state index in [1.54, 1.807) is 12.1 Å². The van der Waals surface area contributed by atoms with Crippen LogP contribution in [0.2, 0.25) is 0 Å². The molecule has 0 aromatic heterocycles. The molecule has 0 radical (unpaired) electrons. The smallest absolute Gasteiger partial charge is 0.328 e. The first kappa shape index (κ1) is 14.7. The Morgan fingerprint density at radius 2 is 1.82 bits per heavy atom. The van der Waals surface area contributed by atoms with Gasteiger partial charge in [-0.05, 0) is 30.2 Å². The van der Waals surface area contributed by atoms with E-state index < -0.39 is 6.04 Å². The van der Waals surface area contributed by atoms with Crippen molar-refractivity contribution in [2.24, 2.45) is 0 Å². The molecule has 0 N–H and O–H groups in total. The lowest BCUT2D eigenvalue weighted by molar-refractivity contribution is -0.159. The molecule has 1 heterocycles. The van der Waals surface area contributed by atoms with Gasteiger partial charge < -0.3 is 4.74 Å². The Morgan fingerprint density at radius 1 is 1.14 bits per heavy atom. The molecule has 2 aromatic carbocycles. The second-order valence-corrected chi connectivity index (χ2v) is 5.45. The normalized spacial score (nSPS) is 20.5. The number of carbonyl (C=O) groups excluding carboxylic acids is 1. The largest absolute Gasteiger partial charge is 0.463 e. The van der Waals surface area contributed by atoms with Crippen LogP contribution in [0.15, 0.2) is 54.6 Å². The summed E-state index contributed by atoms with van der Waals surface area (Å²) in [5.74, 6) is -0.587. The van der Waals surface area contributed by atoms with Crippen molar-refractivity contribution < 1.29 is 13.9 Å². The van der Waals surface area contributed by atoms with Gasteiger partial charge in [-0.1, -0.05) is 42.5 Å². The molecule has 0 spiro atoms. The van der Waals surface area contributed by atoms with Gasteiger partial charge >= 0.3 is 5.97 Å². The van der Waals surface area contributed by atoms with Crippen molar-refractivity contribution in [2.75, 3.05) is 13.2 Å². The van der Waals surface area contributed by atoms with Gasteiger partial charge in [0, 0.05) is 12.6 Å². The molecule has 0 bridgehead atoms. The molecular weight excluding hydrogens is 281 g/mol. The van der Waals surface area contributed by atoms with Crippen molar-refractivity contribution in [3.05, 3.63) is 71.5 Å². The number of benzene rings is 2. The van der Waals surface area contributed by atoms with Gasteiger partial charge in [-0.15, -0.1) is 0 Å². The summed E-state index contributed by atoms with van der Waals surface area (Å²) in [6.45, 7) is 3.11. The third-order valence-corrected chi connectivity index (χ3v) is 4.11. The van der Waals surface area contributed by atoms with Gasteiger partial charge in [-0.3, -0.25) is 4.90 Å². The Morgan fingerprint density at radius 3 is 2.50 bits per heavy atom. The number of hydrogen-bond acceptors (Lipinski definition) is 3. The van der Waals surface area contributed by atoms with Crippen molar-refractivity contribution in [3.63, 3.8) is 0 Å². The molecule has 1 fully saturated rings. The maximum Gasteiger partial charge on any atom is 0.328 e. The minimum atomic E-state index is -0.496. The number of esters is 1. The number of nitrogens with zero attached hydrogens (tertiary/aromatic N) is 1. The predicted octanol–water partition coefficient (Wildman–Crippen LogP) is 3.49. The molecule has 1 aliphatic rings. The first-order valence-electron chi connectivity index (χ1n) is 7.39. The van der Waals surface area contributed by atoms with E-state index in [0.717, 1.165) is 11.1 Å². The fourth-order valence-corrected chi connectivity index (χ4v) is 2.91. The van der Waals surface area contributed by atoms with Crippen LogP contribution >= 0.6 is 0 Å². The van der Waals surface area contributed by atoms with E-state index in [2.05, 4.69) is 11.8 Å². The lowest BCUT2D eigenvalue weighted by Gasteiger charge is -2.38. The van der Waals surface area contributed by atoms with Crippen molar-refractivity contribution in [1.29, 1.82) is 0 Å². The van der Waals surface area contributed by atoms with Crippen LogP contribution in [0.5, 0.6) is 0 Å². The molecule has 3 rings (SSSR count). The van der Waals surface area contributed by atoms with Gasteiger partial charge in [0.05, 0.1) is 0 Å². The zero-order chi connectivity index (χ0) is 15.5. The van der Waals surface area contributed by atoms with Crippen LogP contribution in [-0.2, 0) is 9.53 Å². The van der Waals surface area contributed by atoms with Crippen LogP contribution in [0.25, 0.3) is 0 Å². The summed E-state index contributed by atoms with van der Waals surface area (Å²) in [6.07, 6.45) is 0. The first-order valence-corrected chi connectivity index (χ1v) is 7.39. The average Bonchev–Trinajstić information content (AvgIpc) is 2.56. The summed E-state index contributed by atoms with van der Waals surface area (Å²) < 4.78 is 18.4. The maximum absolute atomic E-state index is 13.1. The molecule has 2 atom stereocenters. The molecule has 22 heavy (non-hydrogen) atoms. The van der Waals surface area contributed by atoms with E-state index >= 15 is 0 Å². The molecule has 0 amide bonds. The van der Waals surface area contributed by atoms with Crippen LogP contribution in [0.4, 0.5) is 4.39 Å². The highest BCUT2D eigenvalue weighted by atomic mass is 19.1. The van der Waals surface area contributed by atoms with Gasteiger partial charge in [-0.2, -0.15) is 0 Å². The van der Waals surface area contributed by atoms with Crippen LogP contribution in [0.1, 0.15) is 30.1 Å². The Bertz CT molecular complexity index is 642. The highest BCUT2D eigenvalue weighted by Gasteiger charge is 2.36. The molecule has 114 valence electrons. The monoisotopic (exact) mass is 299 g/mol. The van der Waals surface area contributed by atoms with E-state index in [1.807, 2.05) is 30.3 Å². The van der Waals surface area contributed by atoms with Gasteiger partial charge in [0.25, 0.3) is 0 Å². The Labute approximate surface area is 129 Å². The van der Waals surface area contributed by atoms with Crippen LogP contribution in [-0.4, -0.2) is 24.0 Å². The van der Waals surface area contributed by atoms with Gasteiger partial charge in [-0.25, -0.2) is 9.18 Å². The Hall–Kier alpha value is -2.20. The Kier molecular flexibility index (Phi) is 4.20. The van der Waals surface area contributed by atoms with E-state index in [4.69, 9.17) is 4.74 Å². The number of ether oxygens (including phenoxy) is 1. The SMILES string of the molecule is C[C@H](c1ccccc1)N1CCOC(=O)C1c1ccc(F)cc1. The summed E-state index contributed by atoms with van der Waals surface area (Å²) in [7, 11) is 0. The minimum absolute atomic E-state index is 0.0732. The highest BCUT2D eigenvalue weighted by Crippen LogP contribution is 2.33. The van der Waals surface area contributed by atoms with Crippen LogP contribution < -0.4 is 0 Å². The van der Waals surface area contributed by atoms with Crippen molar-refractivity contribution in [1.82, 2.24) is 4.90 Å². The fourth-order valence-electron chi connectivity index (χ4n) is 2.91. The summed E-state index contributed by atoms with van der Waals surface area (Å²) in [4.78, 5) is 14.4. The topological polar surface area (TPSA) is 29.5 Å². The van der Waals surface area contributed by atoms with Crippen molar-refractivity contribution in [2.45, 2.75) is 19.0 Å². The Balaban J connectivity index is 1.93. The van der Waals surface area contributed by atoms with Gasteiger partial charge in [0.2, 0.25) is 0 Å².